The standard InChI is InChI=1S/C25H22ClNO2/c1-17-4-8-19(9-5-17)16-29-25-23(26)13-20(14-24(25)28-3)12-22(15-27)21-10-6-18(2)7-11-21/h4-14H,16H2,1-3H3/b22-12-. The smallest absolute Gasteiger partial charge is 0.180 e. The average Bonchev–Trinajstić information content (AvgIpc) is 2.72. The van der Waals surface area contributed by atoms with Crippen LogP contribution in [0.2, 0.25) is 5.02 Å². The molecule has 0 amide bonds. The minimum absolute atomic E-state index is 0.387. The average molecular weight is 404 g/mol. The van der Waals surface area contributed by atoms with Crippen molar-refractivity contribution in [3.05, 3.63) is 93.5 Å². The zero-order valence-corrected chi connectivity index (χ0v) is 17.5. The lowest BCUT2D eigenvalue weighted by Gasteiger charge is -2.14. The molecule has 0 atom stereocenters. The first-order valence-electron chi connectivity index (χ1n) is 9.25. The van der Waals surface area contributed by atoms with Crippen LogP contribution in [0.15, 0.2) is 60.7 Å². The number of hydrogen-bond donors (Lipinski definition) is 0. The topological polar surface area (TPSA) is 42.2 Å². The van der Waals surface area contributed by atoms with Gasteiger partial charge < -0.3 is 9.47 Å². The summed E-state index contributed by atoms with van der Waals surface area (Å²) in [5, 5.41) is 10.0. The number of aryl methyl sites for hydroxylation is 2. The summed E-state index contributed by atoms with van der Waals surface area (Å²) in [5.41, 5.74) is 5.56. The third kappa shape index (κ3) is 5.19. The Bertz CT molecular complexity index is 1060. The van der Waals surface area contributed by atoms with E-state index in [4.69, 9.17) is 21.1 Å². The maximum Gasteiger partial charge on any atom is 0.180 e. The molecule has 0 fully saturated rings. The molecule has 4 heteroatoms. The predicted molar refractivity (Wildman–Crippen MR) is 118 cm³/mol. The van der Waals surface area contributed by atoms with Gasteiger partial charge in [0.25, 0.3) is 0 Å². The van der Waals surface area contributed by atoms with Gasteiger partial charge in [0.15, 0.2) is 11.5 Å². The molecule has 0 heterocycles. The summed E-state index contributed by atoms with van der Waals surface area (Å²) >= 11 is 6.48. The summed E-state index contributed by atoms with van der Waals surface area (Å²) in [4.78, 5) is 0. The number of allylic oxidation sites excluding steroid dienone is 1. The number of nitrogens with zero attached hydrogens (tertiary/aromatic N) is 1. The first-order chi connectivity index (χ1) is 14.0. The van der Waals surface area contributed by atoms with Crippen molar-refractivity contribution in [2.24, 2.45) is 0 Å². The molecule has 3 aromatic rings. The minimum Gasteiger partial charge on any atom is -0.493 e. The van der Waals surface area contributed by atoms with Gasteiger partial charge in [-0.3, -0.25) is 0 Å². The molecule has 0 aliphatic rings. The monoisotopic (exact) mass is 403 g/mol. The van der Waals surface area contributed by atoms with Crippen LogP contribution in [0.3, 0.4) is 0 Å². The van der Waals surface area contributed by atoms with E-state index >= 15 is 0 Å². The van der Waals surface area contributed by atoms with Crippen LogP contribution in [-0.2, 0) is 6.61 Å². The Labute approximate surface area is 176 Å². The summed E-state index contributed by atoms with van der Waals surface area (Å²) in [6, 6.07) is 21.8. The fourth-order valence-electron chi connectivity index (χ4n) is 2.88. The van der Waals surface area contributed by atoms with E-state index in [0.717, 1.165) is 22.3 Å². The minimum atomic E-state index is 0.387. The highest BCUT2D eigenvalue weighted by atomic mass is 35.5. The number of nitriles is 1. The second-order valence-corrected chi connectivity index (χ2v) is 7.25. The van der Waals surface area contributed by atoms with Gasteiger partial charge in [-0.05, 0) is 48.7 Å². The molecule has 0 bridgehead atoms. The number of methoxy groups -OCH3 is 1. The van der Waals surface area contributed by atoms with Crippen LogP contribution < -0.4 is 9.47 Å². The second-order valence-electron chi connectivity index (χ2n) is 6.84. The highest BCUT2D eigenvalue weighted by Gasteiger charge is 2.13. The molecule has 146 valence electrons. The number of benzene rings is 3. The van der Waals surface area contributed by atoms with Crippen LogP contribution in [0.25, 0.3) is 11.6 Å². The van der Waals surface area contributed by atoms with Gasteiger partial charge in [0.2, 0.25) is 0 Å². The Kier molecular flexibility index (Phi) is 6.59. The van der Waals surface area contributed by atoms with Gasteiger partial charge in [-0.2, -0.15) is 5.26 Å². The molecule has 3 nitrogen and oxygen atoms in total. The molecule has 0 aliphatic heterocycles. The molecule has 0 saturated carbocycles. The molecule has 3 aromatic carbocycles. The zero-order valence-electron chi connectivity index (χ0n) is 16.7. The van der Waals surface area contributed by atoms with Crippen molar-refractivity contribution in [1.82, 2.24) is 0 Å². The Morgan fingerprint density at radius 3 is 2.21 bits per heavy atom. The van der Waals surface area contributed by atoms with Gasteiger partial charge >= 0.3 is 0 Å². The van der Waals surface area contributed by atoms with E-state index in [0.29, 0.717) is 28.7 Å². The summed E-state index contributed by atoms with van der Waals surface area (Å²) < 4.78 is 11.4. The summed E-state index contributed by atoms with van der Waals surface area (Å²) in [5.74, 6) is 1.01. The van der Waals surface area contributed by atoms with E-state index in [1.165, 1.54) is 5.56 Å². The molecule has 0 radical (unpaired) electrons. The van der Waals surface area contributed by atoms with E-state index in [1.807, 2.05) is 68.4 Å². The van der Waals surface area contributed by atoms with Crippen molar-refractivity contribution < 1.29 is 9.47 Å². The molecular formula is C25H22ClNO2. The number of halogens is 1. The maximum absolute atomic E-state index is 9.58. The van der Waals surface area contributed by atoms with E-state index < -0.39 is 0 Å². The number of hydrogen-bond acceptors (Lipinski definition) is 3. The summed E-state index contributed by atoms with van der Waals surface area (Å²) in [7, 11) is 1.57. The van der Waals surface area contributed by atoms with Crippen LogP contribution >= 0.6 is 11.6 Å². The van der Waals surface area contributed by atoms with E-state index in [1.54, 1.807) is 19.3 Å². The molecule has 0 aliphatic carbocycles. The lowest BCUT2D eigenvalue weighted by atomic mass is 10.0. The Balaban J connectivity index is 1.88. The number of ether oxygens (including phenoxy) is 2. The van der Waals surface area contributed by atoms with Crippen molar-refractivity contribution in [3.8, 4) is 17.6 Å². The first-order valence-corrected chi connectivity index (χ1v) is 9.62. The Morgan fingerprint density at radius 2 is 1.62 bits per heavy atom. The van der Waals surface area contributed by atoms with Crippen LogP contribution in [0.1, 0.15) is 27.8 Å². The Hall–Kier alpha value is -3.22. The van der Waals surface area contributed by atoms with E-state index in [-0.39, 0.29) is 0 Å². The van der Waals surface area contributed by atoms with E-state index in [9.17, 15) is 5.26 Å². The normalized spacial score (nSPS) is 11.1. The van der Waals surface area contributed by atoms with Gasteiger partial charge in [0, 0.05) is 0 Å². The van der Waals surface area contributed by atoms with Crippen molar-refractivity contribution in [3.63, 3.8) is 0 Å². The van der Waals surface area contributed by atoms with Crippen molar-refractivity contribution in [2.75, 3.05) is 7.11 Å². The highest BCUT2D eigenvalue weighted by Crippen LogP contribution is 2.38. The quantitative estimate of drug-likeness (QED) is 0.343. The largest absolute Gasteiger partial charge is 0.493 e. The Morgan fingerprint density at radius 1 is 1.00 bits per heavy atom. The molecule has 0 spiro atoms. The zero-order chi connectivity index (χ0) is 20.8. The van der Waals surface area contributed by atoms with E-state index in [2.05, 4.69) is 6.07 Å². The number of rotatable bonds is 6. The molecule has 0 saturated heterocycles. The van der Waals surface area contributed by atoms with Crippen LogP contribution in [-0.4, -0.2) is 7.11 Å². The van der Waals surface area contributed by atoms with Crippen LogP contribution in [0.4, 0.5) is 0 Å². The highest BCUT2D eigenvalue weighted by molar-refractivity contribution is 6.32. The van der Waals surface area contributed by atoms with Gasteiger partial charge in [-0.25, -0.2) is 0 Å². The fraction of sp³-hybridized carbons (Fsp3) is 0.160. The lowest BCUT2D eigenvalue weighted by Crippen LogP contribution is -1.99. The molecule has 0 aromatic heterocycles. The second kappa shape index (κ2) is 9.32. The fourth-order valence-corrected chi connectivity index (χ4v) is 3.16. The molecule has 0 unspecified atom stereocenters. The van der Waals surface area contributed by atoms with Crippen molar-refractivity contribution in [2.45, 2.75) is 20.5 Å². The molecule has 3 rings (SSSR count). The van der Waals surface area contributed by atoms with Gasteiger partial charge in [0.05, 0.1) is 23.8 Å². The molecular weight excluding hydrogens is 382 g/mol. The maximum atomic E-state index is 9.58. The van der Waals surface area contributed by atoms with Gasteiger partial charge in [0.1, 0.15) is 6.61 Å². The third-order valence-electron chi connectivity index (χ3n) is 4.55. The lowest BCUT2D eigenvalue weighted by molar-refractivity contribution is 0.284. The summed E-state index contributed by atoms with van der Waals surface area (Å²) in [6.45, 7) is 4.45. The predicted octanol–water partition coefficient (Wildman–Crippen LogP) is 6.61. The van der Waals surface area contributed by atoms with Gasteiger partial charge in [-0.1, -0.05) is 71.3 Å². The van der Waals surface area contributed by atoms with Crippen LogP contribution in [0, 0.1) is 25.2 Å². The van der Waals surface area contributed by atoms with Crippen molar-refractivity contribution >= 4 is 23.3 Å². The molecule has 29 heavy (non-hydrogen) atoms. The van der Waals surface area contributed by atoms with Crippen molar-refractivity contribution in [1.29, 1.82) is 5.26 Å². The van der Waals surface area contributed by atoms with Crippen LogP contribution in [0.5, 0.6) is 11.5 Å². The SMILES string of the molecule is COc1cc(/C=C(/C#N)c2ccc(C)cc2)cc(Cl)c1OCc1ccc(C)cc1. The third-order valence-corrected chi connectivity index (χ3v) is 4.83. The van der Waals surface area contributed by atoms with Gasteiger partial charge in [-0.15, -0.1) is 0 Å². The summed E-state index contributed by atoms with van der Waals surface area (Å²) in [6.07, 6.45) is 1.79. The molecule has 0 N–H and O–H groups in total. The first kappa shape index (κ1) is 20.5.